The average molecular weight is 323 g/mol. The molecule has 2 rings (SSSR count). The molecule has 1 aromatic heterocycles. The van der Waals surface area contributed by atoms with Gasteiger partial charge < -0.3 is 20.5 Å². The van der Waals surface area contributed by atoms with Gasteiger partial charge in [0.25, 0.3) is 5.91 Å². The molecule has 1 atom stereocenters. The van der Waals surface area contributed by atoms with Crippen molar-refractivity contribution in [1.29, 1.82) is 0 Å². The van der Waals surface area contributed by atoms with E-state index in [9.17, 15) is 14.7 Å². The number of aliphatic hydroxyl groups is 1. The lowest BCUT2D eigenvalue weighted by Gasteiger charge is -2.30. The molecule has 9 heteroatoms. The highest BCUT2D eigenvalue weighted by molar-refractivity contribution is 5.91. The summed E-state index contributed by atoms with van der Waals surface area (Å²) >= 11 is 0. The number of hydrogen-bond acceptors (Lipinski definition) is 7. The molecule has 1 fully saturated rings. The molecule has 1 aromatic rings. The Hall–Kier alpha value is -2.10. The second-order valence-electron chi connectivity index (χ2n) is 5.43. The molecule has 1 unspecified atom stereocenters. The van der Waals surface area contributed by atoms with Crippen molar-refractivity contribution in [2.24, 2.45) is 0 Å². The number of ether oxygens (including phenoxy) is 1. The Morgan fingerprint density at radius 1 is 1.48 bits per heavy atom. The van der Waals surface area contributed by atoms with Crippen LogP contribution >= 0.6 is 0 Å². The number of aromatic nitrogens is 2. The second kappa shape index (κ2) is 7.95. The minimum Gasteiger partial charge on any atom is -0.384 e. The van der Waals surface area contributed by atoms with E-state index < -0.39 is 11.5 Å². The summed E-state index contributed by atoms with van der Waals surface area (Å²) in [7, 11) is 1.56. The fourth-order valence-corrected chi connectivity index (χ4v) is 2.27. The van der Waals surface area contributed by atoms with E-state index >= 15 is 0 Å². The van der Waals surface area contributed by atoms with Crippen molar-refractivity contribution in [1.82, 2.24) is 25.5 Å². The van der Waals surface area contributed by atoms with Crippen LogP contribution in [0.4, 0.5) is 0 Å². The molecular weight excluding hydrogens is 302 g/mol. The van der Waals surface area contributed by atoms with Crippen molar-refractivity contribution >= 4 is 11.8 Å². The van der Waals surface area contributed by atoms with E-state index in [4.69, 9.17) is 4.74 Å². The Labute approximate surface area is 134 Å². The van der Waals surface area contributed by atoms with Crippen molar-refractivity contribution in [2.45, 2.75) is 5.60 Å². The van der Waals surface area contributed by atoms with Crippen LogP contribution in [0.2, 0.25) is 0 Å². The summed E-state index contributed by atoms with van der Waals surface area (Å²) < 4.78 is 5.39. The fourth-order valence-electron chi connectivity index (χ4n) is 2.27. The third kappa shape index (κ3) is 5.23. The molecule has 0 aromatic carbocycles. The Morgan fingerprint density at radius 3 is 3.00 bits per heavy atom. The van der Waals surface area contributed by atoms with Gasteiger partial charge in [0.15, 0.2) is 0 Å². The summed E-state index contributed by atoms with van der Waals surface area (Å²) in [5.41, 5.74) is -1.10. The molecule has 1 aliphatic rings. The third-order valence-electron chi connectivity index (χ3n) is 3.46. The summed E-state index contributed by atoms with van der Waals surface area (Å²) in [6, 6.07) is 0. The van der Waals surface area contributed by atoms with Crippen LogP contribution in [0.1, 0.15) is 10.5 Å². The predicted molar refractivity (Wildman–Crippen MR) is 80.6 cm³/mol. The standard InChI is InChI=1S/C14H21N5O4/c1-15-12(20)7-19-4-5-23-10-14(22,9-19)8-18-13(21)11-6-16-2-3-17-11/h2-3,6,22H,4-5,7-10H2,1H3,(H,15,20)(H,18,21). The summed E-state index contributed by atoms with van der Waals surface area (Å²) in [5.74, 6) is -0.563. The van der Waals surface area contributed by atoms with Crippen molar-refractivity contribution in [2.75, 3.05) is 46.4 Å². The topological polar surface area (TPSA) is 117 Å². The highest BCUT2D eigenvalue weighted by Gasteiger charge is 2.33. The molecule has 0 aliphatic carbocycles. The molecule has 1 aliphatic heterocycles. The van der Waals surface area contributed by atoms with Crippen molar-refractivity contribution in [3.63, 3.8) is 0 Å². The number of rotatable bonds is 5. The summed E-state index contributed by atoms with van der Waals surface area (Å²) in [4.78, 5) is 33.0. The number of β-amino-alcohol motifs (C(OH)–C–C–N with tert-alkyl or cyclic N) is 1. The number of hydrogen-bond donors (Lipinski definition) is 3. The first kappa shape index (κ1) is 17.3. The van der Waals surface area contributed by atoms with Gasteiger partial charge in [-0.3, -0.25) is 19.5 Å². The second-order valence-corrected chi connectivity index (χ2v) is 5.43. The summed E-state index contributed by atoms with van der Waals surface area (Å²) in [6.07, 6.45) is 4.24. The zero-order chi connectivity index (χ0) is 16.7. The van der Waals surface area contributed by atoms with Crippen LogP contribution in [0.3, 0.4) is 0 Å². The lowest BCUT2D eigenvalue weighted by molar-refractivity contribution is -0.122. The Bertz CT molecular complexity index is 541. The predicted octanol–water partition coefficient (Wildman–Crippen LogP) is -1.98. The highest BCUT2D eigenvalue weighted by Crippen LogP contribution is 2.11. The van der Waals surface area contributed by atoms with Gasteiger partial charge in [0, 0.05) is 32.5 Å². The quantitative estimate of drug-likeness (QED) is 0.575. The monoisotopic (exact) mass is 323 g/mol. The number of nitrogens with zero attached hydrogens (tertiary/aromatic N) is 3. The van der Waals surface area contributed by atoms with Crippen LogP contribution in [-0.2, 0) is 9.53 Å². The van der Waals surface area contributed by atoms with Crippen LogP contribution in [0.15, 0.2) is 18.6 Å². The largest absolute Gasteiger partial charge is 0.384 e. The molecule has 3 N–H and O–H groups in total. The normalized spacial score (nSPS) is 22.2. The van der Waals surface area contributed by atoms with Crippen molar-refractivity contribution < 1.29 is 19.4 Å². The smallest absolute Gasteiger partial charge is 0.271 e. The zero-order valence-electron chi connectivity index (χ0n) is 13.0. The first-order valence-electron chi connectivity index (χ1n) is 7.30. The molecule has 0 spiro atoms. The number of carbonyl (C=O) groups excluding carboxylic acids is 2. The van der Waals surface area contributed by atoms with Gasteiger partial charge in [0.05, 0.1) is 32.5 Å². The van der Waals surface area contributed by atoms with E-state index in [1.54, 1.807) is 11.9 Å². The lowest BCUT2D eigenvalue weighted by atomic mass is 10.0. The van der Waals surface area contributed by atoms with Crippen molar-refractivity contribution in [3.8, 4) is 0 Å². The molecular formula is C14H21N5O4. The van der Waals surface area contributed by atoms with Gasteiger partial charge in [0.1, 0.15) is 11.3 Å². The molecule has 9 nitrogen and oxygen atoms in total. The minimum absolute atomic E-state index is 0.00729. The van der Waals surface area contributed by atoms with Gasteiger partial charge in [-0.25, -0.2) is 4.98 Å². The maximum atomic E-state index is 12.0. The van der Waals surface area contributed by atoms with E-state index in [0.29, 0.717) is 13.2 Å². The first-order chi connectivity index (χ1) is 11.0. The highest BCUT2D eigenvalue weighted by atomic mass is 16.5. The Balaban J connectivity index is 1.93. The molecule has 1 saturated heterocycles. The zero-order valence-corrected chi connectivity index (χ0v) is 13.0. The fraction of sp³-hybridized carbons (Fsp3) is 0.571. The third-order valence-corrected chi connectivity index (χ3v) is 3.46. The van der Waals surface area contributed by atoms with E-state index in [2.05, 4.69) is 20.6 Å². The molecule has 0 bridgehead atoms. The maximum absolute atomic E-state index is 12.0. The molecule has 0 saturated carbocycles. The minimum atomic E-state index is -1.28. The Kier molecular flexibility index (Phi) is 5.97. The van der Waals surface area contributed by atoms with Gasteiger partial charge in [0.2, 0.25) is 5.91 Å². The van der Waals surface area contributed by atoms with Crippen LogP contribution < -0.4 is 10.6 Å². The SMILES string of the molecule is CNC(=O)CN1CCOCC(O)(CNC(=O)c2cnccn2)C1. The molecule has 126 valence electrons. The van der Waals surface area contributed by atoms with Crippen LogP contribution in [-0.4, -0.2) is 83.8 Å². The van der Waals surface area contributed by atoms with Crippen LogP contribution in [0.5, 0.6) is 0 Å². The summed E-state index contributed by atoms with van der Waals surface area (Å²) in [6.45, 7) is 1.41. The van der Waals surface area contributed by atoms with E-state index in [0.717, 1.165) is 0 Å². The van der Waals surface area contributed by atoms with Gasteiger partial charge in [-0.2, -0.15) is 0 Å². The lowest BCUT2D eigenvalue weighted by Crippen LogP contribution is -2.53. The summed E-state index contributed by atoms with van der Waals surface area (Å²) in [5, 5.41) is 15.8. The van der Waals surface area contributed by atoms with E-state index in [-0.39, 0.29) is 37.8 Å². The number of amides is 2. The first-order valence-corrected chi connectivity index (χ1v) is 7.30. The average Bonchev–Trinajstić information content (AvgIpc) is 2.75. The van der Waals surface area contributed by atoms with Crippen molar-refractivity contribution in [3.05, 3.63) is 24.3 Å². The molecule has 0 radical (unpaired) electrons. The van der Waals surface area contributed by atoms with Crippen LogP contribution in [0, 0.1) is 0 Å². The maximum Gasteiger partial charge on any atom is 0.271 e. The van der Waals surface area contributed by atoms with Gasteiger partial charge in [-0.15, -0.1) is 0 Å². The van der Waals surface area contributed by atoms with Gasteiger partial charge in [-0.1, -0.05) is 0 Å². The van der Waals surface area contributed by atoms with E-state index in [1.165, 1.54) is 18.6 Å². The number of nitrogens with one attached hydrogen (secondary N) is 2. The van der Waals surface area contributed by atoms with Gasteiger partial charge in [-0.05, 0) is 0 Å². The number of likely N-dealkylation sites (N-methyl/N-ethyl adjacent to an activating group) is 1. The molecule has 2 amide bonds. The molecule has 23 heavy (non-hydrogen) atoms. The van der Waals surface area contributed by atoms with Gasteiger partial charge >= 0.3 is 0 Å². The van der Waals surface area contributed by atoms with Crippen LogP contribution in [0.25, 0.3) is 0 Å². The van der Waals surface area contributed by atoms with E-state index in [1.807, 2.05) is 0 Å². The Morgan fingerprint density at radius 2 is 2.30 bits per heavy atom. The number of carbonyl (C=O) groups is 2. The molecule has 2 heterocycles.